The van der Waals surface area contributed by atoms with Crippen molar-refractivity contribution in [2.24, 2.45) is 0 Å². The van der Waals surface area contributed by atoms with Crippen LogP contribution >= 0.6 is 11.8 Å². The maximum atomic E-state index is 12.6. The van der Waals surface area contributed by atoms with E-state index in [9.17, 15) is 4.79 Å². The van der Waals surface area contributed by atoms with E-state index < -0.39 is 5.25 Å². The largest absolute Gasteiger partial charge is 0.454 e. The Morgan fingerprint density at radius 1 is 1.06 bits per heavy atom. The van der Waals surface area contributed by atoms with Gasteiger partial charge in [0.05, 0.1) is 18.5 Å². The number of thioether (sulfide) groups is 1. The fraction of sp³-hybridized carbons (Fsp3) is 0.318. The number of benzene rings is 2. The molecule has 0 radical (unpaired) electrons. The molecule has 5 rings (SSSR count). The van der Waals surface area contributed by atoms with Crippen LogP contribution in [0.1, 0.15) is 6.92 Å². The number of anilines is 2. The number of aromatic nitrogens is 2. The average Bonchev–Trinajstić information content (AvgIpc) is 3.49. The fourth-order valence-electron chi connectivity index (χ4n) is 3.43. The molecular weight excluding hydrogens is 432 g/mol. The third kappa shape index (κ3) is 4.51. The molecule has 0 bridgehead atoms. The molecule has 1 fully saturated rings. The average molecular weight is 455 g/mol. The summed E-state index contributed by atoms with van der Waals surface area (Å²) in [7, 11) is 0. The molecule has 2 aliphatic rings. The van der Waals surface area contributed by atoms with Crippen LogP contribution in [-0.2, 0) is 9.53 Å². The molecule has 2 aromatic carbocycles. The monoisotopic (exact) mass is 454 g/mol. The summed E-state index contributed by atoms with van der Waals surface area (Å²) in [6.07, 6.45) is 0. The van der Waals surface area contributed by atoms with Crippen LogP contribution < -0.4 is 19.7 Å². The predicted molar refractivity (Wildman–Crippen MR) is 119 cm³/mol. The summed E-state index contributed by atoms with van der Waals surface area (Å²) >= 11 is 1.21. The van der Waals surface area contributed by atoms with Gasteiger partial charge in [-0.3, -0.25) is 4.79 Å². The van der Waals surface area contributed by atoms with E-state index >= 15 is 0 Å². The lowest BCUT2D eigenvalue weighted by atomic mass is 10.2. The van der Waals surface area contributed by atoms with Crippen molar-refractivity contribution in [3.8, 4) is 23.0 Å². The van der Waals surface area contributed by atoms with Crippen LogP contribution in [0.4, 0.5) is 11.4 Å². The van der Waals surface area contributed by atoms with Gasteiger partial charge in [0.1, 0.15) is 0 Å². The van der Waals surface area contributed by atoms with Gasteiger partial charge < -0.3 is 28.8 Å². The topological polar surface area (TPSA) is 99.0 Å². The highest BCUT2D eigenvalue weighted by Crippen LogP contribution is 2.36. The Kier molecular flexibility index (Phi) is 5.87. The van der Waals surface area contributed by atoms with Gasteiger partial charge in [-0.1, -0.05) is 11.8 Å². The quantitative estimate of drug-likeness (QED) is 0.562. The molecule has 1 aromatic heterocycles. The fourth-order valence-corrected chi connectivity index (χ4v) is 4.11. The summed E-state index contributed by atoms with van der Waals surface area (Å²) in [6.45, 7) is 5.22. The van der Waals surface area contributed by atoms with Crippen LogP contribution in [0.3, 0.4) is 0 Å². The van der Waals surface area contributed by atoms with Crippen LogP contribution in [0.2, 0.25) is 0 Å². The minimum atomic E-state index is -0.418. The van der Waals surface area contributed by atoms with Gasteiger partial charge in [-0.2, -0.15) is 0 Å². The van der Waals surface area contributed by atoms with E-state index in [4.69, 9.17) is 18.6 Å². The first-order valence-corrected chi connectivity index (χ1v) is 11.2. The number of hydrogen-bond donors (Lipinski definition) is 1. The molecule has 3 aromatic rings. The van der Waals surface area contributed by atoms with Gasteiger partial charge in [0.2, 0.25) is 18.6 Å². The molecule has 0 spiro atoms. The molecule has 2 aliphatic heterocycles. The molecule has 0 saturated carbocycles. The van der Waals surface area contributed by atoms with E-state index in [2.05, 4.69) is 20.4 Å². The summed E-state index contributed by atoms with van der Waals surface area (Å²) in [4.78, 5) is 14.9. The molecule has 10 heteroatoms. The normalized spacial score (nSPS) is 16.1. The van der Waals surface area contributed by atoms with Gasteiger partial charge in [-0.25, -0.2) is 0 Å². The summed E-state index contributed by atoms with van der Waals surface area (Å²) in [5.41, 5.74) is 2.59. The second-order valence-electron chi connectivity index (χ2n) is 7.34. The maximum absolute atomic E-state index is 12.6. The zero-order chi connectivity index (χ0) is 21.9. The second kappa shape index (κ2) is 9.09. The van der Waals surface area contributed by atoms with Gasteiger partial charge in [-0.15, -0.1) is 10.2 Å². The van der Waals surface area contributed by atoms with E-state index in [1.165, 1.54) is 11.8 Å². The minimum absolute atomic E-state index is 0.142. The number of morpholine rings is 1. The molecule has 166 valence electrons. The Morgan fingerprint density at radius 3 is 2.66 bits per heavy atom. The zero-order valence-electron chi connectivity index (χ0n) is 17.4. The van der Waals surface area contributed by atoms with E-state index in [0.717, 1.165) is 43.2 Å². The van der Waals surface area contributed by atoms with Crippen molar-refractivity contribution in [3.63, 3.8) is 0 Å². The molecular formula is C22H22N4O5S. The molecule has 3 heterocycles. The second-order valence-corrected chi connectivity index (χ2v) is 8.63. The first-order chi connectivity index (χ1) is 15.7. The van der Waals surface area contributed by atoms with E-state index in [-0.39, 0.29) is 12.7 Å². The molecule has 32 heavy (non-hydrogen) atoms. The smallest absolute Gasteiger partial charge is 0.277 e. The first kappa shape index (κ1) is 20.7. The van der Waals surface area contributed by atoms with Crippen molar-refractivity contribution in [2.45, 2.75) is 17.4 Å². The lowest BCUT2D eigenvalue weighted by Crippen LogP contribution is -2.36. The summed E-state index contributed by atoms with van der Waals surface area (Å²) in [6, 6.07) is 13.3. The zero-order valence-corrected chi connectivity index (χ0v) is 18.3. The van der Waals surface area contributed by atoms with Crippen molar-refractivity contribution in [3.05, 3.63) is 42.5 Å². The number of nitrogens with zero attached hydrogens (tertiary/aromatic N) is 3. The van der Waals surface area contributed by atoms with E-state index in [1.807, 2.05) is 30.3 Å². The molecule has 1 atom stereocenters. The molecule has 0 unspecified atom stereocenters. The number of nitrogens with one attached hydrogen (secondary N) is 1. The number of fused-ring (bicyclic) bond motifs is 1. The van der Waals surface area contributed by atoms with Gasteiger partial charge in [0.15, 0.2) is 11.5 Å². The van der Waals surface area contributed by atoms with Crippen LogP contribution in [0.15, 0.2) is 52.1 Å². The number of hydrogen-bond acceptors (Lipinski definition) is 9. The highest BCUT2D eigenvalue weighted by molar-refractivity contribution is 8.00. The molecule has 9 nitrogen and oxygen atoms in total. The van der Waals surface area contributed by atoms with Crippen molar-refractivity contribution in [2.75, 3.05) is 43.3 Å². The summed E-state index contributed by atoms with van der Waals surface area (Å²) in [5.74, 6) is 1.54. The Labute approximate surface area is 189 Å². The highest BCUT2D eigenvalue weighted by Gasteiger charge is 2.21. The van der Waals surface area contributed by atoms with Crippen LogP contribution in [0.5, 0.6) is 11.5 Å². The molecule has 1 saturated heterocycles. The number of carbonyl (C=O) groups is 1. The molecule has 1 amide bonds. The maximum Gasteiger partial charge on any atom is 0.277 e. The summed E-state index contributed by atoms with van der Waals surface area (Å²) in [5, 5.41) is 11.0. The summed E-state index contributed by atoms with van der Waals surface area (Å²) < 4.78 is 21.8. The highest BCUT2D eigenvalue weighted by atomic mass is 32.2. The molecule has 1 N–H and O–H groups in total. The van der Waals surface area contributed by atoms with E-state index in [1.54, 1.807) is 19.1 Å². The Balaban J connectivity index is 1.18. The van der Waals surface area contributed by atoms with Crippen LogP contribution in [-0.4, -0.2) is 54.5 Å². The standard InChI is InChI=1S/C22H22N4O5S/c1-14(20(27)23-16-3-5-17(6-4-16)26-8-10-28-11-9-26)32-22-25-24-21(31-22)15-2-7-18-19(12-15)30-13-29-18/h2-7,12,14H,8-11,13H2,1H3,(H,23,27)/t14-/m0/s1. The van der Waals surface area contributed by atoms with Crippen molar-refractivity contribution >= 4 is 29.0 Å². The number of carbonyl (C=O) groups excluding carboxylic acids is 1. The van der Waals surface area contributed by atoms with E-state index in [0.29, 0.717) is 22.6 Å². The van der Waals surface area contributed by atoms with Crippen LogP contribution in [0, 0.1) is 0 Å². The lowest BCUT2D eigenvalue weighted by molar-refractivity contribution is -0.115. The first-order valence-electron chi connectivity index (χ1n) is 10.3. The minimum Gasteiger partial charge on any atom is -0.454 e. The van der Waals surface area contributed by atoms with Crippen molar-refractivity contribution in [1.82, 2.24) is 10.2 Å². The Morgan fingerprint density at radius 2 is 1.84 bits per heavy atom. The van der Waals surface area contributed by atoms with Crippen molar-refractivity contribution < 1.29 is 23.4 Å². The van der Waals surface area contributed by atoms with Crippen LogP contribution in [0.25, 0.3) is 11.5 Å². The Bertz CT molecular complexity index is 1100. The van der Waals surface area contributed by atoms with Gasteiger partial charge >= 0.3 is 0 Å². The Hall–Kier alpha value is -3.24. The van der Waals surface area contributed by atoms with Gasteiger partial charge in [0, 0.05) is 30.0 Å². The predicted octanol–water partition coefficient (Wildman–Crippen LogP) is 3.42. The number of amides is 1. The lowest BCUT2D eigenvalue weighted by Gasteiger charge is -2.28. The third-order valence-corrected chi connectivity index (χ3v) is 6.12. The van der Waals surface area contributed by atoms with Gasteiger partial charge in [0.25, 0.3) is 5.22 Å². The third-order valence-electron chi connectivity index (χ3n) is 5.18. The molecule has 0 aliphatic carbocycles. The number of rotatable bonds is 6. The van der Waals surface area contributed by atoms with Gasteiger partial charge in [-0.05, 0) is 49.4 Å². The number of ether oxygens (including phenoxy) is 3. The SMILES string of the molecule is C[C@H](Sc1nnc(-c2ccc3c(c2)OCO3)o1)C(=O)Nc1ccc(N2CCOCC2)cc1. The van der Waals surface area contributed by atoms with Crippen molar-refractivity contribution in [1.29, 1.82) is 0 Å².